The molecular formula is C32H44ClN7O3. The predicted octanol–water partition coefficient (Wildman–Crippen LogP) is 2.19. The van der Waals surface area contributed by atoms with Gasteiger partial charge in [0, 0.05) is 45.2 Å². The number of nitrogens with one attached hydrogen (secondary N) is 2. The van der Waals surface area contributed by atoms with E-state index in [2.05, 4.69) is 51.1 Å². The number of likely N-dealkylation sites (N-methyl/N-ethyl adjacent to an activating group) is 1. The summed E-state index contributed by atoms with van der Waals surface area (Å²) in [5.74, 6) is 0.130. The Bertz CT molecular complexity index is 1290. The van der Waals surface area contributed by atoms with E-state index in [1.54, 1.807) is 4.90 Å². The highest BCUT2D eigenvalue weighted by molar-refractivity contribution is 6.33. The topological polar surface area (TPSA) is 104 Å². The average Bonchev–Trinajstić information content (AvgIpc) is 3.41. The largest absolute Gasteiger partial charge is 0.372 e. The highest BCUT2D eigenvalue weighted by atomic mass is 35.5. The molecule has 0 bridgehead atoms. The number of para-hydroxylation sites is 1. The Hall–Kier alpha value is -2.52. The van der Waals surface area contributed by atoms with Gasteiger partial charge in [-0.15, -0.1) is 0 Å². The Morgan fingerprint density at radius 1 is 1.23 bits per heavy atom. The van der Waals surface area contributed by atoms with Crippen molar-refractivity contribution in [2.24, 2.45) is 11.3 Å². The first-order valence-corrected chi connectivity index (χ1v) is 16.0. The predicted molar refractivity (Wildman–Crippen MR) is 165 cm³/mol. The summed E-state index contributed by atoms with van der Waals surface area (Å²) in [6, 6.07) is 8.01. The van der Waals surface area contributed by atoms with Gasteiger partial charge in [0.1, 0.15) is 0 Å². The summed E-state index contributed by atoms with van der Waals surface area (Å²) in [5.41, 5.74) is 1.65. The first-order valence-electron chi connectivity index (χ1n) is 15.7. The van der Waals surface area contributed by atoms with Crippen LogP contribution >= 0.6 is 11.6 Å². The van der Waals surface area contributed by atoms with Crippen molar-refractivity contribution in [3.05, 3.63) is 41.4 Å². The van der Waals surface area contributed by atoms with Gasteiger partial charge in [-0.25, -0.2) is 0 Å². The Balaban J connectivity index is 1.26. The van der Waals surface area contributed by atoms with Crippen LogP contribution in [0.5, 0.6) is 0 Å². The zero-order valence-electron chi connectivity index (χ0n) is 25.3. The van der Waals surface area contributed by atoms with E-state index in [0.29, 0.717) is 45.2 Å². The number of carbonyl (C=O) groups excluding carboxylic acids is 2. The number of ketones is 1. The van der Waals surface area contributed by atoms with Gasteiger partial charge in [-0.05, 0) is 63.4 Å². The monoisotopic (exact) mass is 609 g/mol. The molecule has 1 aromatic rings. The van der Waals surface area contributed by atoms with Crippen molar-refractivity contribution in [2.75, 3.05) is 58.3 Å². The Kier molecular flexibility index (Phi) is 8.84. The summed E-state index contributed by atoms with van der Waals surface area (Å²) in [4.78, 5) is 35.8. The maximum absolute atomic E-state index is 14.7. The number of nitrogens with zero attached hydrogens (tertiary/aromatic N) is 5. The van der Waals surface area contributed by atoms with Crippen LogP contribution in [0, 0.1) is 22.7 Å². The van der Waals surface area contributed by atoms with Gasteiger partial charge in [0.25, 0.3) is 0 Å². The van der Waals surface area contributed by atoms with Gasteiger partial charge in [0.2, 0.25) is 5.91 Å². The van der Waals surface area contributed by atoms with Crippen molar-refractivity contribution >= 4 is 29.0 Å². The Morgan fingerprint density at radius 3 is 2.81 bits per heavy atom. The van der Waals surface area contributed by atoms with Crippen LogP contribution in [0.2, 0.25) is 5.02 Å². The van der Waals surface area contributed by atoms with E-state index in [9.17, 15) is 14.9 Å². The van der Waals surface area contributed by atoms with Crippen LogP contribution in [-0.2, 0) is 20.7 Å². The highest BCUT2D eigenvalue weighted by Crippen LogP contribution is 2.48. The van der Waals surface area contributed by atoms with E-state index in [4.69, 9.17) is 16.3 Å². The van der Waals surface area contributed by atoms with Crippen molar-refractivity contribution in [1.82, 2.24) is 25.3 Å². The summed E-state index contributed by atoms with van der Waals surface area (Å²) in [7, 11) is 4.17. The fourth-order valence-corrected chi connectivity index (χ4v) is 8.73. The number of amides is 1. The molecule has 1 amide bonds. The molecule has 3 saturated heterocycles. The van der Waals surface area contributed by atoms with Gasteiger partial charge in [-0.1, -0.05) is 30.3 Å². The smallest absolute Gasteiger partial charge is 0.246 e. The number of nitriles is 1. The quantitative estimate of drug-likeness (QED) is 0.470. The van der Waals surface area contributed by atoms with Gasteiger partial charge in [-0.2, -0.15) is 5.26 Å². The molecule has 10 nitrogen and oxygen atoms in total. The zero-order chi connectivity index (χ0) is 30.3. The molecule has 1 aromatic carbocycles. The summed E-state index contributed by atoms with van der Waals surface area (Å²) >= 11 is 6.59. The summed E-state index contributed by atoms with van der Waals surface area (Å²) in [6.45, 7) is 7.66. The fourth-order valence-electron chi connectivity index (χ4n) is 8.39. The van der Waals surface area contributed by atoms with Crippen LogP contribution < -0.4 is 15.5 Å². The molecule has 232 valence electrons. The molecule has 6 unspecified atom stereocenters. The van der Waals surface area contributed by atoms with E-state index in [1.807, 2.05) is 19.2 Å². The van der Waals surface area contributed by atoms with Crippen LogP contribution in [0.3, 0.4) is 0 Å². The van der Waals surface area contributed by atoms with Crippen LogP contribution in [0.1, 0.15) is 37.7 Å². The second-order valence-corrected chi connectivity index (χ2v) is 13.5. The number of benzene rings is 1. The lowest BCUT2D eigenvalue weighted by molar-refractivity contribution is -0.152. The third-order valence-corrected chi connectivity index (χ3v) is 10.9. The van der Waals surface area contributed by atoms with Gasteiger partial charge >= 0.3 is 0 Å². The van der Waals surface area contributed by atoms with Gasteiger partial charge < -0.3 is 19.4 Å². The van der Waals surface area contributed by atoms with Gasteiger partial charge in [-0.3, -0.25) is 25.1 Å². The van der Waals surface area contributed by atoms with E-state index in [0.717, 1.165) is 48.5 Å². The molecule has 5 aliphatic rings. The zero-order valence-corrected chi connectivity index (χ0v) is 26.1. The summed E-state index contributed by atoms with van der Waals surface area (Å²) in [5, 5.41) is 17.6. The molecule has 0 radical (unpaired) electrons. The number of carbonyl (C=O) groups is 2. The van der Waals surface area contributed by atoms with Crippen molar-refractivity contribution in [3.8, 4) is 6.07 Å². The first kappa shape index (κ1) is 30.5. The lowest BCUT2D eigenvalue weighted by Gasteiger charge is -2.56. The number of ether oxygens (including phenoxy) is 1. The molecule has 4 fully saturated rings. The van der Waals surface area contributed by atoms with Crippen LogP contribution in [0.25, 0.3) is 0 Å². The third-order valence-electron chi connectivity index (χ3n) is 10.6. The molecular weight excluding hydrogens is 566 g/mol. The molecule has 1 spiro atoms. The molecule has 43 heavy (non-hydrogen) atoms. The second kappa shape index (κ2) is 12.5. The molecule has 4 heterocycles. The summed E-state index contributed by atoms with van der Waals surface area (Å²) < 4.78 is 6.47. The normalized spacial score (nSPS) is 35.0. The lowest BCUT2D eigenvalue weighted by Crippen LogP contribution is -2.75. The standard InChI is InChI=1S/C32H44ClN7O3/c1-4-26(41)40-16-15-39(18-22(40)11-13-34)30-24-10-12-32(17-21-7-5-9-25(33)28(21)38(3)20-32)29(42)27(24)35-31(36-30)43-19-23-8-6-14-37(23)2/h4-5,7,9,22-24,27,30-31,35-36H,1,6,8,10-12,14-20H2,2-3H3/t22?,23?,24?,27?,30?,31?,32-/m1/s1. The number of halogens is 1. The first-order chi connectivity index (χ1) is 20.7. The molecule has 1 aliphatic carbocycles. The van der Waals surface area contributed by atoms with Crippen molar-refractivity contribution in [3.63, 3.8) is 0 Å². The number of Topliss-reactive ketones (excluding diaryl/α,β-unsaturated/α-hetero) is 1. The molecule has 4 aliphatic heterocycles. The van der Waals surface area contributed by atoms with E-state index in [-0.39, 0.29) is 42.3 Å². The van der Waals surface area contributed by atoms with Gasteiger partial charge in [0.15, 0.2) is 12.1 Å². The molecule has 2 N–H and O–H groups in total. The number of hydrogen-bond acceptors (Lipinski definition) is 9. The maximum atomic E-state index is 14.7. The number of hydrogen-bond donors (Lipinski definition) is 2. The number of likely N-dealkylation sites (tertiary alicyclic amines) is 1. The number of anilines is 1. The van der Waals surface area contributed by atoms with Crippen LogP contribution in [0.15, 0.2) is 30.9 Å². The Morgan fingerprint density at radius 2 is 2.07 bits per heavy atom. The van der Waals surface area contributed by atoms with Crippen LogP contribution in [-0.4, -0.2) is 110 Å². The minimum absolute atomic E-state index is 0.0302. The minimum Gasteiger partial charge on any atom is -0.372 e. The molecule has 0 aromatic heterocycles. The average molecular weight is 610 g/mol. The van der Waals surface area contributed by atoms with Crippen molar-refractivity contribution < 1.29 is 14.3 Å². The minimum atomic E-state index is -0.503. The fraction of sp³-hybridized carbons (Fsp3) is 0.656. The second-order valence-electron chi connectivity index (χ2n) is 13.1. The SMILES string of the molecule is C=CC(=O)N1CCN(C2NC(OCC3CCCN3C)NC3C(=O)[C@]4(CCC32)Cc2cccc(Cl)c2N(C)C4)CC1CC#N. The molecule has 6 rings (SSSR count). The number of piperazine rings is 1. The molecule has 7 atom stereocenters. The van der Waals surface area contributed by atoms with E-state index >= 15 is 0 Å². The van der Waals surface area contributed by atoms with Crippen molar-refractivity contribution in [2.45, 2.75) is 69.2 Å². The Labute approximate surface area is 259 Å². The van der Waals surface area contributed by atoms with E-state index in [1.165, 1.54) is 6.08 Å². The van der Waals surface area contributed by atoms with Crippen LogP contribution in [0.4, 0.5) is 5.69 Å². The molecule has 1 saturated carbocycles. The van der Waals surface area contributed by atoms with E-state index < -0.39 is 11.8 Å². The van der Waals surface area contributed by atoms with Crippen molar-refractivity contribution in [1.29, 1.82) is 5.26 Å². The number of fused-ring (bicyclic) bond motifs is 2. The number of rotatable bonds is 6. The summed E-state index contributed by atoms with van der Waals surface area (Å²) in [6.07, 6.45) is 5.58. The highest BCUT2D eigenvalue weighted by Gasteiger charge is 2.56. The lowest BCUT2D eigenvalue weighted by atomic mass is 9.61. The maximum Gasteiger partial charge on any atom is 0.246 e. The third kappa shape index (κ3) is 5.72. The molecule has 11 heteroatoms. The van der Waals surface area contributed by atoms with Gasteiger partial charge in [0.05, 0.1) is 53.5 Å².